The third kappa shape index (κ3) is 4.46. The molecule has 1 spiro atoms. The quantitative estimate of drug-likeness (QED) is 0.186. The summed E-state index contributed by atoms with van der Waals surface area (Å²) in [4.78, 5) is 10.3. The Morgan fingerprint density at radius 3 is 1.45 bits per heavy atom. The van der Waals surface area contributed by atoms with Crippen molar-refractivity contribution in [1.29, 1.82) is 0 Å². The lowest BCUT2D eigenvalue weighted by molar-refractivity contribution is 0.794. The number of hydrogen-bond acceptors (Lipinski definition) is 2. The van der Waals surface area contributed by atoms with Crippen LogP contribution in [0.25, 0.3) is 78.1 Å². The van der Waals surface area contributed by atoms with Gasteiger partial charge in [-0.15, -0.1) is 0 Å². The molecule has 246 valence electrons. The summed E-state index contributed by atoms with van der Waals surface area (Å²) in [7, 11) is 0. The van der Waals surface area contributed by atoms with E-state index >= 15 is 0 Å². The van der Waals surface area contributed by atoms with E-state index in [-0.39, 0.29) is 5.41 Å². The van der Waals surface area contributed by atoms with E-state index in [0.717, 1.165) is 33.6 Å². The van der Waals surface area contributed by atoms with Crippen LogP contribution in [-0.2, 0) is 5.41 Å². The molecule has 0 N–H and O–H groups in total. The number of rotatable bonds is 4. The van der Waals surface area contributed by atoms with Gasteiger partial charge in [-0.2, -0.15) is 0 Å². The molecule has 0 fully saturated rings. The molecule has 2 aliphatic rings. The molecule has 0 unspecified atom stereocenters. The van der Waals surface area contributed by atoms with Crippen molar-refractivity contribution in [1.82, 2.24) is 9.97 Å². The minimum absolute atomic E-state index is 0.376. The van der Waals surface area contributed by atoms with Crippen LogP contribution in [0, 0.1) is 0 Å². The largest absolute Gasteiger partial charge is 0.228 e. The second-order valence-electron chi connectivity index (χ2n) is 14.1. The first kappa shape index (κ1) is 29.8. The monoisotopic (exact) mass is 672 g/mol. The zero-order valence-electron chi connectivity index (χ0n) is 28.9. The van der Waals surface area contributed by atoms with E-state index in [9.17, 15) is 0 Å². The molecule has 2 nitrogen and oxygen atoms in total. The number of hydrogen-bond donors (Lipinski definition) is 0. The predicted octanol–water partition coefficient (Wildman–Crippen LogP) is 12.6. The summed E-state index contributed by atoms with van der Waals surface area (Å²) in [5, 5.41) is 2.41. The van der Waals surface area contributed by atoms with Crippen molar-refractivity contribution in [3.8, 4) is 67.3 Å². The normalized spacial score (nSPS) is 13.1. The van der Waals surface area contributed by atoms with Crippen LogP contribution in [0.2, 0.25) is 0 Å². The number of nitrogens with zero attached hydrogens (tertiary/aromatic N) is 2. The van der Waals surface area contributed by atoms with Crippen LogP contribution in [0.1, 0.15) is 22.3 Å². The SMILES string of the molecule is c1ccc(-c2nc(-c3cccc(-c4ccc5c(c4)C4(c6ccccc6-c6ccccc64)c4ccccc4-5)c3)cc(-c3ccc4ccccc4c3)n2)cc1. The Morgan fingerprint density at radius 1 is 0.283 bits per heavy atom. The van der Waals surface area contributed by atoms with Gasteiger partial charge >= 0.3 is 0 Å². The Bertz CT molecular complexity index is 2840. The molecule has 2 aliphatic carbocycles. The third-order valence-corrected chi connectivity index (χ3v) is 11.3. The molecule has 0 radical (unpaired) electrons. The van der Waals surface area contributed by atoms with Crippen LogP contribution < -0.4 is 0 Å². The van der Waals surface area contributed by atoms with Gasteiger partial charge in [0.05, 0.1) is 16.8 Å². The van der Waals surface area contributed by atoms with E-state index in [0.29, 0.717) is 5.82 Å². The average molecular weight is 673 g/mol. The maximum absolute atomic E-state index is 5.18. The summed E-state index contributed by atoms with van der Waals surface area (Å²) in [5.74, 6) is 0.715. The van der Waals surface area contributed by atoms with Gasteiger partial charge in [0.15, 0.2) is 5.82 Å². The molecule has 9 aromatic rings. The molecule has 0 aliphatic heterocycles. The van der Waals surface area contributed by atoms with Gasteiger partial charge in [-0.1, -0.05) is 170 Å². The van der Waals surface area contributed by atoms with Gasteiger partial charge in [-0.25, -0.2) is 9.97 Å². The highest BCUT2D eigenvalue weighted by Crippen LogP contribution is 2.63. The van der Waals surface area contributed by atoms with Gasteiger partial charge in [0.1, 0.15) is 0 Å². The maximum Gasteiger partial charge on any atom is 0.160 e. The fourth-order valence-corrected chi connectivity index (χ4v) is 8.94. The van der Waals surface area contributed by atoms with Crippen LogP contribution in [-0.4, -0.2) is 9.97 Å². The maximum atomic E-state index is 5.18. The molecule has 0 saturated carbocycles. The Balaban J connectivity index is 1.08. The zero-order chi connectivity index (χ0) is 34.9. The van der Waals surface area contributed by atoms with Crippen LogP contribution in [0.4, 0.5) is 0 Å². The highest BCUT2D eigenvalue weighted by atomic mass is 14.9. The molecule has 53 heavy (non-hydrogen) atoms. The minimum atomic E-state index is -0.376. The lowest BCUT2D eigenvalue weighted by atomic mass is 9.70. The van der Waals surface area contributed by atoms with E-state index in [4.69, 9.17) is 9.97 Å². The Hall–Kier alpha value is -6.90. The number of benzene rings is 8. The van der Waals surface area contributed by atoms with Gasteiger partial charge in [0.2, 0.25) is 0 Å². The molecule has 1 aromatic heterocycles. The highest BCUT2D eigenvalue weighted by molar-refractivity contribution is 5.96. The van der Waals surface area contributed by atoms with E-state index in [2.05, 4.69) is 176 Å². The highest BCUT2D eigenvalue weighted by Gasteiger charge is 2.51. The van der Waals surface area contributed by atoms with Crippen molar-refractivity contribution in [2.24, 2.45) is 0 Å². The molecule has 0 amide bonds. The van der Waals surface area contributed by atoms with E-state index in [1.165, 1.54) is 60.8 Å². The standard InChI is InChI=1S/C51H32N2/c1-2-14-34(15-3-1)50-52-48(32-49(53-50)39-26-25-33-13-4-5-16-35(33)29-39)38-18-12-17-36(30-38)37-27-28-43-42-21-8-11-24-46(42)51(47(43)31-37)44-22-9-6-19-40(44)41-20-7-10-23-45(41)51/h1-32H. The first-order valence-electron chi connectivity index (χ1n) is 18.2. The van der Waals surface area contributed by atoms with Crippen LogP contribution >= 0.6 is 0 Å². The van der Waals surface area contributed by atoms with Gasteiger partial charge < -0.3 is 0 Å². The molecule has 11 rings (SSSR count). The van der Waals surface area contributed by atoms with Crippen LogP contribution in [0.15, 0.2) is 194 Å². The van der Waals surface area contributed by atoms with Gasteiger partial charge in [0.25, 0.3) is 0 Å². The number of aromatic nitrogens is 2. The predicted molar refractivity (Wildman–Crippen MR) is 218 cm³/mol. The fourth-order valence-electron chi connectivity index (χ4n) is 8.94. The van der Waals surface area contributed by atoms with E-state index in [1.54, 1.807) is 0 Å². The summed E-state index contributed by atoms with van der Waals surface area (Å²) >= 11 is 0. The fraction of sp³-hybridized carbons (Fsp3) is 0.0196. The summed E-state index contributed by atoms with van der Waals surface area (Å²) in [6.45, 7) is 0. The first-order valence-corrected chi connectivity index (χ1v) is 18.2. The summed E-state index contributed by atoms with van der Waals surface area (Å²) in [5.41, 5.74) is 17.5. The first-order chi connectivity index (χ1) is 26.3. The molecule has 0 atom stereocenters. The second-order valence-corrected chi connectivity index (χ2v) is 14.1. The molecule has 0 bridgehead atoms. The van der Waals surface area contributed by atoms with Crippen molar-refractivity contribution in [3.63, 3.8) is 0 Å². The molecule has 8 aromatic carbocycles. The summed E-state index contributed by atoms with van der Waals surface area (Å²) in [6, 6.07) is 70.3. The van der Waals surface area contributed by atoms with Crippen molar-refractivity contribution < 1.29 is 0 Å². The Kier molecular flexibility index (Phi) is 6.50. The van der Waals surface area contributed by atoms with Crippen LogP contribution in [0.3, 0.4) is 0 Å². The zero-order valence-corrected chi connectivity index (χ0v) is 28.9. The van der Waals surface area contributed by atoms with Gasteiger partial charge in [-0.3, -0.25) is 0 Å². The summed E-state index contributed by atoms with van der Waals surface area (Å²) in [6.07, 6.45) is 0. The molecule has 0 saturated heterocycles. The van der Waals surface area contributed by atoms with E-state index < -0.39 is 0 Å². The number of fused-ring (bicyclic) bond motifs is 11. The average Bonchev–Trinajstić information content (AvgIpc) is 3.71. The summed E-state index contributed by atoms with van der Waals surface area (Å²) < 4.78 is 0. The van der Waals surface area contributed by atoms with E-state index in [1.807, 2.05) is 18.2 Å². The van der Waals surface area contributed by atoms with Crippen LogP contribution in [0.5, 0.6) is 0 Å². The lowest BCUT2D eigenvalue weighted by Crippen LogP contribution is -2.25. The Labute approximate surface area is 308 Å². The van der Waals surface area contributed by atoms with Gasteiger partial charge in [-0.05, 0) is 90.7 Å². The molecule has 2 heteroatoms. The Morgan fingerprint density at radius 2 is 0.774 bits per heavy atom. The third-order valence-electron chi connectivity index (χ3n) is 11.3. The van der Waals surface area contributed by atoms with Gasteiger partial charge in [0, 0.05) is 16.7 Å². The lowest BCUT2D eigenvalue weighted by Gasteiger charge is -2.30. The molecule has 1 heterocycles. The van der Waals surface area contributed by atoms with Crippen molar-refractivity contribution in [2.75, 3.05) is 0 Å². The smallest absolute Gasteiger partial charge is 0.160 e. The van der Waals surface area contributed by atoms with Crippen molar-refractivity contribution >= 4 is 10.8 Å². The topological polar surface area (TPSA) is 25.8 Å². The van der Waals surface area contributed by atoms with Crippen molar-refractivity contribution in [3.05, 3.63) is 216 Å². The molecular formula is C51H32N2. The van der Waals surface area contributed by atoms with Crippen molar-refractivity contribution in [2.45, 2.75) is 5.41 Å². The molecular weight excluding hydrogens is 641 g/mol. The second kappa shape index (κ2) is 11.6. The minimum Gasteiger partial charge on any atom is -0.228 e.